The van der Waals surface area contributed by atoms with Crippen molar-refractivity contribution in [3.05, 3.63) is 46.9 Å². The smallest absolute Gasteiger partial charge is 0.256 e. The van der Waals surface area contributed by atoms with Crippen molar-refractivity contribution in [2.24, 2.45) is 5.92 Å². The maximum absolute atomic E-state index is 13.3. The van der Waals surface area contributed by atoms with Crippen LogP contribution in [0.3, 0.4) is 0 Å². The van der Waals surface area contributed by atoms with Crippen LogP contribution in [0.4, 0.5) is 5.69 Å². The summed E-state index contributed by atoms with van der Waals surface area (Å²) < 4.78 is 5.57. The number of piperidine rings is 1. The first-order valence-corrected chi connectivity index (χ1v) is 13.6. The molecule has 0 atom stereocenters. The Bertz CT molecular complexity index is 1290. The maximum atomic E-state index is 13.3. The largest absolute Gasteiger partial charge is 0.390 e. The second-order valence-electron chi connectivity index (χ2n) is 8.96. The number of benzene rings is 2. The lowest BCUT2D eigenvalue weighted by Gasteiger charge is -2.39. The highest BCUT2D eigenvalue weighted by Crippen LogP contribution is 2.36. The van der Waals surface area contributed by atoms with Crippen molar-refractivity contribution < 1.29 is 9.90 Å². The number of amides is 1. The molecule has 0 aliphatic carbocycles. The number of carbonyl (C=O) groups excluding carboxylic acids is 1. The number of nitrogens with zero attached hydrogens (tertiary/aromatic N) is 3. The van der Waals surface area contributed by atoms with E-state index in [0.717, 1.165) is 37.4 Å². The number of carbonyl (C=O) groups is 1. The molecule has 5 rings (SSSR count). The van der Waals surface area contributed by atoms with Gasteiger partial charge in [-0.15, -0.1) is 22.7 Å². The lowest BCUT2D eigenvalue weighted by molar-refractivity contribution is -0.0310. The highest BCUT2D eigenvalue weighted by molar-refractivity contribution is 8.00. The number of anilines is 1. The first-order chi connectivity index (χ1) is 15.9. The summed E-state index contributed by atoms with van der Waals surface area (Å²) in [7, 11) is 0. The van der Waals surface area contributed by atoms with Crippen molar-refractivity contribution in [2.45, 2.75) is 43.6 Å². The van der Waals surface area contributed by atoms with E-state index in [2.05, 4.69) is 40.7 Å². The normalized spacial score (nSPS) is 16.1. The Morgan fingerprint density at radius 1 is 1.15 bits per heavy atom. The fourth-order valence-corrected chi connectivity index (χ4v) is 6.93. The highest BCUT2D eigenvalue weighted by Gasteiger charge is 2.35. The molecule has 3 heterocycles. The van der Waals surface area contributed by atoms with Crippen molar-refractivity contribution >= 4 is 66.6 Å². The Morgan fingerprint density at radius 2 is 1.91 bits per heavy atom. The van der Waals surface area contributed by atoms with Gasteiger partial charge in [0.05, 0.1) is 53.2 Å². The Balaban J connectivity index is 1.33. The quantitative estimate of drug-likeness (QED) is 0.316. The van der Waals surface area contributed by atoms with Crippen LogP contribution in [0.5, 0.6) is 0 Å². The number of hydrogen-bond donors (Lipinski definition) is 2. The molecule has 1 fully saturated rings. The third-order valence-electron chi connectivity index (χ3n) is 6.08. The van der Waals surface area contributed by atoms with Crippen LogP contribution in [0.25, 0.3) is 20.4 Å². The minimum atomic E-state index is -0.661. The van der Waals surface area contributed by atoms with Gasteiger partial charge in [0.1, 0.15) is 0 Å². The predicted octanol–water partition coefficient (Wildman–Crippen LogP) is 6.04. The van der Waals surface area contributed by atoms with Gasteiger partial charge >= 0.3 is 0 Å². The van der Waals surface area contributed by atoms with Gasteiger partial charge in [-0.2, -0.15) is 0 Å². The van der Waals surface area contributed by atoms with Crippen molar-refractivity contribution in [3.63, 3.8) is 0 Å². The maximum Gasteiger partial charge on any atom is 0.256 e. The molecular formula is C24H26N4O2S3. The summed E-state index contributed by atoms with van der Waals surface area (Å²) in [6, 6.07) is 9.99. The van der Waals surface area contributed by atoms with Gasteiger partial charge in [-0.05, 0) is 61.4 Å². The van der Waals surface area contributed by atoms with Crippen molar-refractivity contribution in [3.8, 4) is 0 Å². The first-order valence-electron chi connectivity index (χ1n) is 11.1. The molecule has 1 aliphatic heterocycles. The Kier molecular flexibility index (Phi) is 6.30. The van der Waals surface area contributed by atoms with Gasteiger partial charge in [-0.1, -0.05) is 19.9 Å². The monoisotopic (exact) mass is 498 g/mol. The minimum Gasteiger partial charge on any atom is -0.390 e. The van der Waals surface area contributed by atoms with E-state index < -0.39 is 5.60 Å². The number of hydrogen-bond acceptors (Lipinski definition) is 8. The molecule has 4 aromatic rings. The molecule has 33 heavy (non-hydrogen) atoms. The summed E-state index contributed by atoms with van der Waals surface area (Å²) in [6.45, 7) is 5.39. The number of nitrogens with one attached hydrogen (secondary N) is 1. The zero-order valence-electron chi connectivity index (χ0n) is 18.6. The van der Waals surface area contributed by atoms with E-state index in [4.69, 9.17) is 0 Å². The molecule has 0 bridgehead atoms. The molecule has 6 nitrogen and oxygen atoms in total. The van der Waals surface area contributed by atoms with Gasteiger partial charge in [0.25, 0.3) is 5.91 Å². The number of aliphatic hydroxyl groups is 1. The van der Waals surface area contributed by atoms with Gasteiger partial charge in [0.15, 0.2) is 0 Å². The van der Waals surface area contributed by atoms with E-state index in [1.54, 1.807) is 16.8 Å². The van der Waals surface area contributed by atoms with Crippen LogP contribution in [0.15, 0.2) is 46.2 Å². The summed E-state index contributed by atoms with van der Waals surface area (Å²) in [4.78, 5) is 25.2. The molecule has 1 saturated heterocycles. The van der Waals surface area contributed by atoms with E-state index in [0.29, 0.717) is 37.4 Å². The summed E-state index contributed by atoms with van der Waals surface area (Å²) >= 11 is 4.68. The van der Waals surface area contributed by atoms with Crippen LogP contribution in [0, 0.1) is 5.92 Å². The van der Waals surface area contributed by atoms with Crippen LogP contribution in [0.1, 0.15) is 43.5 Å². The number of para-hydroxylation sites is 1. The Morgan fingerprint density at radius 3 is 2.70 bits per heavy atom. The molecule has 1 aliphatic rings. The Labute approximate surface area is 205 Å². The molecule has 0 saturated carbocycles. The standard InChI is InChI=1S/C24H26N4O2S3/c1-15(2)12-24(30)8-10-28(11-9-24)23(29)16-6-7-17(22-20(16)25-14-32-22)27-33-19-5-3-4-18-21(19)26-13-31-18/h3-7,13-15,27,30H,8-12H2,1-2H3. The number of aromatic nitrogens is 2. The van der Waals surface area contributed by atoms with Crippen molar-refractivity contribution in [1.29, 1.82) is 0 Å². The second-order valence-corrected chi connectivity index (χ2v) is 11.6. The predicted molar refractivity (Wildman–Crippen MR) is 138 cm³/mol. The number of rotatable bonds is 6. The van der Waals surface area contributed by atoms with Crippen LogP contribution in [-0.4, -0.2) is 44.6 Å². The van der Waals surface area contributed by atoms with Crippen molar-refractivity contribution in [1.82, 2.24) is 14.9 Å². The van der Waals surface area contributed by atoms with E-state index >= 15 is 0 Å². The lowest BCUT2D eigenvalue weighted by Crippen LogP contribution is -2.47. The SMILES string of the molecule is CC(C)CC1(O)CCN(C(=O)c2ccc(NSc3cccc4scnc34)c3scnc23)CC1. The van der Waals surface area contributed by atoms with E-state index in [-0.39, 0.29) is 5.91 Å². The van der Waals surface area contributed by atoms with Gasteiger partial charge in [-0.25, -0.2) is 9.97 Å². The van der Waals surface area contributed by atoms with E-state index in [1.807, 2.05) is 28.6 Å². The molecule has 2 aromatic heterocycles. The third kappa shape index (κ3) is 4.59. The molecule has 1 amide bonds. The zero-order chi connectivity index (χ0) is 23.0. The zero-order valence-corrected chi connectivity index (χ0v) is 21.0. The number of thiazole rings is 2. The highest BCUT2D eigenvalue weighted by atomic mass is 32.2. The van der Waals surface area contributed by atoms with Crippen LogP contribution >= 0.6 is 34.6 Å². The lowest BCUT2D eigenvalue weighted by atomic mass is 9.84. The van der Waals surface area contributed by atoms with Crippen molar-refractivity contribution in [2.75, 3.05) is 17.8 Å². The van der Waals surface area contributed by atoms with E-state index in [1.165, 1.54) is 23.3 Å². The average molecular weight is 499 g/mol. The second kappa shape index (κ2) is 9.21. The minimum absolute atomic E-state index is 0.0102. The van der Waals surface area contributed by atoms with Crippen LogP contribution in [-0.2, 0) is 0 Å². The van der Waals surface area contributed by atoms with Crippen LogP contribution < -0.4 is 4.72 Å². The molecular weight excluding hydrogens is 472 g/mol. The third-order valence-corrected chi connectivity index (χ3v) is 8.60. The Hall–Kier alpha value is -2.20. The fourth-order valence-electron chi connectivity index (χ4n) is 4.52. The van der Waals surface area contributed by atoms with Gasteiger partial charge in [-0.3, -0.25) is 4.79 Å². The average Bonchev–Trinajstić information content (AvgIpc) is 3.47. The number of likely N-dealkylation sites (tertiary alicyclic amines) is 1. The molecule has 0 radical (unpaired) electrons. The number of fused-ring (bicyclic) bond motifs is 2. The molecule has 2 aromatic carbocycles. The van der Waals surface area contributed by atoms with Crippen LogP contribution in [0.2, 0.25) is 0 Å². The van der Waals surface area contributed by atoms with Gasteiger partial charge in [0.2, 0.25) is 0 Å². The molecule has 2 N–H and O–H groups in total. The van der Waals surface area contributed by atoms with Gasteiger partial charge < -0.3 is 14.7 Å². The van der Waals surface area contributed by atoms with E-state index in [9.17, 15) is 9.90 Å². The molecule has 0 spiro atoms. The first kappa shape index (κ1) is 22.6. The summed E-state index contributed by atoms with van der Waals surface area (Å²) in [5, 5.41) is 10.8. The summed E-state index contributed by atoms with van der Waals surface area (Å²) in [5.74, 6) is 0.427. The summed E-state index contributed by atoms with van der Waals surface area (Å²) in [6.07, 6.45) is 2.02. The topological polar surface area (TPSA) is 78.4 Å². The van der Waals surface area contributed by atoms with Gasteiger partial charge in [0, 0.05) is 13.1 Å². The molecule has 0 unspecified atom stereocenters. The summed E-state index contributed by atoms with van der Waals surface area (Å²) in [5.41, 5.74) is 6.27. The fraction of sp³-hybridized carbons (Fsp3) is 0.375. The molecule has 9 heteroatoms. The molecule has 172 valence electrons.